The number of benzene rings is 2. The van der Waals surface area contributed by atoms with Crippen LogP contribution in [0.25, 0.3) is 10.2 Å². The lowest BCUT2D eigenvalue weighted by molar-refractivity contribution is 0.246. The molecule has 5 nitrogen and oxygen atoms in total. The smallest absolute Gasteiger partial charge is 0.319 e. The first-order valence-corrected chi connectivity index (χ1v) is 9.53. The summed E-state index contributed by atoms with van der Waals surface area (Å²) in [7, 11) is 0. The summed E-state index contributed by atoms with van der Waals surface area (Å²) in [5, 5.41) is 6.28. The van der Waals surface area contributed by atoms with Gasteiger partial charge in [0.1, 0.15) is 11.6 Å². The van der Waals surface area contributed by atoms with E-state index in [0.29, 0.717) is 0 Å². The molecule has 2 amide bonds. The summed E-state index contributed by atoms with van der Waals surface area (Å²) in [6, 6.07) is 10.6. The van der Waals surface area contributed by atoms with Crippen molar-refractivity contribution in [3.63, 3.8) is 0 Å². The van der Waals surface area contributed by atoms with Crippen LogP contribution in [0.2, 0.25) is 0 Å². The van der Waals surface area contributed by atoms with Gasteiger partial charge in [-0.15, -0.1) is 0 Å². The van der Waals surface area contributed by atoms with Crippen molar-refractivity contribution in [1.82, 2.24) is 10.3 Å². The Balaban J connectivity index is 1.31. The van der Waals surface area contributed by atoms with E-state index in [2.05, 4.69) is 26.6 Å². The van der Waals surface area contributed by atoms with Gasteiger partial charge in [0.15, 0.2) is 5.13 Å². The highest BCUT2D eigenvalue weighted by Gasteiger charge is 2.23. The molecular weight excluding hydrogens is 370 g/mol. The molecule has 0 aliphatic carbocycles. The van der Waals surface area contributed by atoms with E-state index in [1.807, 2.05) is 18.2 Å². The highest BCUT2D eigenvalue weighted by atomic mass is 32.1. The molecule has 8 heteroatoms. The SMILES string of the molecule is O=C(Nc1ccc(F)cc1F)NC1CCN(c2nc3ccccc3s2)CC1. The van der Waals surface area contributed by atoms with Gasteiger partial charge in [-0.25, -0.2) is 18.6 Å². The van der Waals surface area contributed by atoms with Gasteiger partial charge >= 0.3 is 6.03 Å². The van der Waals surface area contributed by atoms with E-state index in [0.717, 1.165) is 53.4 Å². The molecule has 1 aromatic heterocycles. The van der Waals surface area contributed by atoms with Crippen LogP contribution < -0.4 is 15.5 Å². The highest BCUT2D eigenvalue weighted by molar-refractivity contribution is 7.22. The zero-order chi connectivity index (χ0) is 18.8. The van der Waals surface area contributed by atoms with Crippen molar-refractivity contribution < 1.29 is 13.6 Å². The molecule has 0 atom stereocenters. The lowest BCUT2D eigenvalue weighted by atomic mass is 10.1. The van der Waals surface area contributed by atoms with Crippen molar-refractivity contribution in [3.05, 3.63) is 54.1 Å². The number of piperidine rings is 1. The normalized spacial score (nSPS) is 15.1. The minimum atomic E-state index is -0.796. The fourth-order valence-electron chi connectivity index (χ4n) is 3.15. The molecule has 1 saturated heterocycles. The van der Waals surface area contributed by atoms with Crippen LogP contribution in [0, 0.1) is 11.6 Å². The maximum Gasteiger partial charge on any atom is 0.319 e. The lowest BCUT2D eigenvalue weighted by Crippen LogP contribution is -2.46. The molecule has 0 saturated carbocycles. The largest absolute Gasteiger partial charge is 0.348 e. The topological polar surface area (TPSA) is 57.3 Å². The maximum absolute atomic E-state index is 13.6. The van der Waals surface area contributed by atoms with Gasteiger partial charge in [0.2, 0.25) is 0 Å². The van der Waals surface area contributed by atoms with E-state index in [-0.39, 0.29) is 11.7 Å². The molecule has 0 spiro atoms. The van der Waals surface area contributed by atoms with Crippen LogP contribution >= 0.6 is 11.3 Å². The van der Waals surface area contributed by atoms with Crippen LogP contribution in [-0.2, 0) is 0 Å². The Kier molecular flexibility index (Phi) is 4.89. The first-order valence-electron chi connectivity index (χ1n) is 8.71. The number of thiazole rings is 1. The predicted octanol–water partition coefficient (Wildman–Crippen LogP) is 4.37. The Morgan fingerprint density at radius 2 is 1.93 bits per heavy atom. The summed E-state index contributed by atoms with van der Waals surface area (Å²) >= 11 is 1.67. The van der Waals surface area contributed by atoms with E-state index in [4.69, 9.17) is 0 Å². The van der Waals surface area contributed by atoms with Crippen molar-refractivity contribution in [3.8, 4) is 0 Å². The molecule has 1 fully saturated rings. The predicted molar refractivity (Wildman–Crippen MR) is 103 cm³/mol. The van der Waals surface area contributed by atoms with Crippen molar-refractivity contribution in [2.75, 3.05) is 23.3 Å². The van der Waals surface area contributed by atoms with Crippen molar-refractivity contribution in [2.24, 2.45) is 0 Å². The van der Waals surface area contributed by atoms with Gasteiger partial charge in [-0.3, -0.25) is 0 Å². The van der Waals surface area contributed by atoms with E-state index in [1.165, 1.54) is 6.07 Å². The molecule has 2 heterocycles. The van der Waals surface area contributed by atoms with E-state index in [1.54, 1.807) is 11.3 Å². The number of carbonyl (C=O) groups is 1. The fraction of sp³-hybridized carbons (Fsp3) is 0.263. The number of fused-ring (bicyclic) bond motifs is 1. The maximum atomic E-state index is 13.6. The molecule has 2 N–H and O–H groups in total. The summed E-state index contributed by atoms with van der Waals surface area (Å²) in [5.74, 6) is -1.48. The Morgan fingerprint density at radius 3 is 2.67 bits per heavy atom. The number of halogens is 2. The van der Waals surface area contributed by atoms with Crippen molar-refractivity contribution >= 4 is 38.4 Å². The van der Waals surface area contributed by atoms with E-state index in [9.17, 15) is 13.6 Å². The van der Waals surface area contributed by atoms with Gasteiger partial charge in [0.25, 0.3) is 0 Å². The number of nitrogens with zero attached hydrogens (tertiary/aromatic N) is 2. The van der Waals surface area contributed by atoms with Crippen LogP contribution in [0.5, 0.6) is 0 Å². The lowest BCUT2D eigenvalue weighted by Gasteiger charge is -2.32. The Labute approximate surface area is 159 Å². The Hall–Kier alpha value is -2.74. The van der Waals surface area contributed by atoms with Gasteiger partial charge in [-0.2, -0.15) is 0 Å². The quantitative estimate of drug-likeness (QED) is 0.701. The number of aromatic nitrogens is 1. The Bertz CT molecular complexity index is 936. The molecule has 1 aliphatic heterocycles. The number of para-hydroxylation sites is 1. The van der Waals surface area contributed by atoms with Gasteiger partial charge in [0, 0.05) is 25.2 Å². The van der Waals surface area contributed by atoms with E-state index < -0.39 is 17.7 Å². The number of urea groups is 1. The van der Waals surface area contributed by atoms with Crippen LogP contribution in [-0.4, -0.2) is 30.1 Å². The van der Waals surface area contributed by atoms with Crippen LogP contribution in [0.3, 0.4) is 0 Å². The summed E-state index contributed by atoms with van der Waals surface area (Å²) in [6.07, 6.45) is 1.55. The second-order valence-electron chi connectivity index (χ2n) is 6.45. The molecular formula is C19H18F2N4OS. The standard InChI is InChI=1S/C19H18F2N4OS/c20-12-5-6-15(14(21)11-12)23-18(26)22-13-7-9-25(10-8-13)19-24-16-3-1-2-4-17(16)27-19/h1-6,11,13H,7-10H2,(H2,22,23,26). The molecule has 4 rings (SSSR count). The minimum absolute atomic E-state index is 0.000798. The van der Waals surface area contributed by atoms with Crippen molar-refractivity contribution in [1.29, 1.82) is 0 Å². The first-order chi connectivity index (χ1) is 13.1. The summed E-state index contributed by atoms with van der Waals surface area (Å²) in [4.78, 5) is 19.0. The molecule has 140 valence electrons. The molecule has 27 heavy (non-hydrogen) atoms. The third-order valence-electron chi connectivity index (χ3n) is 4.56. The molecule has 1 aliphatic rings. The molecule has 0 radical (unpaired) electrons. The van der Waals surface area contributed by atoms with Crippen molar-refractivity contribution in [2.45, 2.75) is 18.9 Å². The second kappa shape index (κ2) is 7.48. The monoisotopic (exact) mass is 388 g/mol. The van der Waals surface area contributed by atoms with Crippen LogP contribution in [0.4, 0.5) is 24.4 Å². The summed E-state index contributed by atoms with van der Waals surface area (Å²) < 4.78 is 27.7. The molecule has 0 unspecified atom stereocenters. The fourth-order valence-corrected chi connectivity index (χ4v) is 4.16. The number of amides is 2. The zero-order valence-corrected chi connectivity index (χ0v) is 15.2. The number of hydrogen-bond acceptors (Lipinski definition) is 4. The van der Waals surface area contributed by atoms with E-state index >= 15 is 0 Å². The third kappa shape index (κ3) is 4.00. The van der Waals surface area contributed by atoms with Crippen LogP contribution in [0.1, 0.15) is 12.8 Å². The van der Waals surface area contributed by atoms with Gasteiger partial charge < -0.3 is 15.5 Å². The third-order valence-corrected chi connectivity index (χ3v) is 5.66. The summed E-state index contributed by atoms with van der Waals surface area (Å²) in [5.41, 5.74) is 0.958. The number of hydrogen-bond donors (Lipinski definition) is 2. The number of anilines is 2. The molecule has 2 aromatic carbocycles. The number of carbonyl (C=O) groups excluding carboxylic acids is 1. The average Bonchev–Trinajstić information content (AvgIpc) is 3.09. The average molecular weight is 388 g/mol. The zero-order valence-electron chi connectivity index (χ0n) is 14.4. The minimum Gasteiger partial charge on any atom is -0.348 e. The molecule has 3 aromatic rings. The van der Waals surface area contributed by atoms with Crippen LogP contribution in [0.15, 0.2) is 42.5 Å². The first kappa shape index (κ1) is 17.7. The molecule has 0 bridgehead atoms. The van der Waals surface area contributed by atoms with Gasteiger partial charge in [-0.1, -0.05) is 23.5 Å². The number of nitrogens with one attached hydrogen (secondary N) is 2. The summed E-state index contributed by atoms with van der Waals surface area (Å²) in [6.45, 7) is 1.57. The second-order valence-corrected chi connectivity index (χ2v) is 7.46. The van der Waals surface area contributed by atoms with Gasteiger partial charge in [-0.05, 0) is 37.1 Å². The number of rotatable bonds is 3. The highest BCUT2D eigenvalue weighted by Crippen LogP contribution is 2.30. The van der Waals surface area contributed by atoms with Gasteiger partial charge in [0.05, 0.1) is 15.9 Å². The Morgan fingerprint density at radius 1 is 1.15 bits per heavy atom.